The van der Waals surface area contributed by atoms with Gasteiger partial charge in [0.15, 0.2) is 11.5 Å². The van der Waals surface area contributed by atoms with Crippen LogP contribution in [0.1, 0.15) is 11.3 Å². The van der Waals surface area contributed by atoms with Crippen LogP contribution in [0.4, 0.5) is 5.82 Å². The summed E-state index contributed by atoms with van der Waals surface area (Å²) in [5.74, 6) is 0.490. The summed E-state index contributed by atoms with van der Waals surface area (Å²) in [5, 5.41) is 28.5. The molecular weight excluding hydrogens is 310 g/mol. The fourth-order valence-corrected chi connectivity index (χ4v) is 1.91. The molecule has 2 aromatic rings. The van der Waals surface area contributed by atoms with Gasteiger partial charge in [0.05, 0.1) is 11.1 Å². The maximum absolute atomic E-state index is 8.61. The molecule has 8 heteroatoms. The van der Waals surface area contributed by atoms with Crippen LogP contribution < -0.4 is 5.43 Å². The lowest BCUT2D eigenvalue weighted by Crippen LogP contribution is -1.97. The lowest BCUT2D eigenvalue weighted by atomic mass is 10.2. The highest BCUT2D eigenvalue weighted by atomic mass is 79.9. The van der Waals surface area contributed by atoms with E-state index in [0.29, 0.717) is 11.5 Å². The minimum absolute atomic E-state index is 0.264. The van der Waals surface area contributed by atoms with Gasteiger partial charge in [-0.1, -0.05) is 0 Å². The van der Waals surface area contributed by atoms with Crippen LogP contribution in [0.25, 0.3) is 11.0 Å². The van der Waals surface area contributed by atoms with Gasteiger partial charge >= 0.3 is 0 Å². The lowest BCUT2D eigenvalue weighted by molar-refractivity contribution is 1.07. The van der Waals surface area contributed by atoms with Crippen LogP contribution in [0.5, 0.6) is 0 Å². The Bertz CT molecular complexity index is 744. The Labute approximate surface area is 117 Å². The SMILES string of the molecule is Cc1nc2n[nH]c(NN=C(C#N)C#N)c2c(C)c1Br. The van der Waals surface area contributed by atoms with Crippen molar-refractivity contribution in [2.45, 2.75) is 13.8 Å². The highest BCUT2D eigenvalue weighted by molar-refractivity contribution is 9.10. The van der Waals surface area contributed by atoms with Gasteiger partial charge in [-0.05, 0) is 35.3 Å². The molecule has 7 nitrogen and oxygen atoms in total. The number of aromatic nitrogens is 3. The van der Waals surface area contributed by atoms with E-state index in [2.05, 4.69) is 41.6 Å². The number of rotatable bonds is 2. The third-order valence-electron chi connectivity index (χ3n) is 2.53. The molecule has 0 aliphatic carbocycles. The van der Waals surface area contributed by atoms with E-state index in [-0.39, 0.29) is 5.71 Å². The number of halogens is 1. The van der Waals surface area contributed by atoms with Crippen LogP contribution in [0.15, 0.2) is 9.57 Å². The fraction of sp³-hybridized carbons (Fsp3) is 0.182. The number of nitrogens with one attached hydrogen (secondary N) is 2. The molecule has 0 fully saturated rings. The van der Waals surface area contributed by atoms with E-state index in [9.17, 15) is 0 Å². The summed E-state index contributed by atoms with van der Waals surface area (Å²) in [5.41, 5.74) is 4.69. The summed E-state index contributed by atoms with van der Waals surface area (Å²) >= 11 is 3.45. The van der Waals surface area contributed by atoms with Crippen molar-refractivity contribution in [3.63, 3.8) is 0 Å². The first-order valence-electron chi connectivity index (χ1n) is 5.23. The van der Waals surface area contributed by atoms with Gasteiger partial charge in [0.2, 0.25) is 5.71 Å². The van der Waals surface area contributed by atoms with Crippen molar-refractivity contribution in [3.05, 3.63) is 15.7 Å². The highest BCUT2D eigenvalue weighted by Crippen LogP contribution is 2.30. The van der Waals surface area contributed by atoms with E-state index < -0.39 is 0 Å². The van der Waals surface area contributed by atoms with E-state index in [1.807, 2.05) is 13.8 Å². The van der Waals surface area contributed by atoms with Gasteiger partial charge in [0.25, 0.3) is 0 Å². The molecule has 2 N–H and O–H groups in total. The molecule has 0 saturated heterocycles. The van der Waals surface area contributed by atoms with E-state index in [1.54, 1.807) is 12.1 Å². The zero-order valence-corrected chi connectivity index (χ0v) is 11.7. The minimum atomic E-state index is -0.264. The number of nitrogens with zero attached hydrogens (tertiary/aromatic N) is 5. The van der Waals surface area contributed by atoms with Gasteiger partial charge < -0.3 is 0 Å². The smallest absolute Gasteiger partial charge is 0.237 e. The summed E-state index contributed by atoms with van der Waals surface area (Å²) in [6, 6.07) is 3.33. The number of hydrazone groups is 1. The molecule has 2 rings (SSSR count). The second-order valence-electron chi connectivity index (χ2n) is 3.73. The second-order valence-corrected chi connectivity index (χ2v) is 4.52. The highest BCUT2D eigenvalue weighted by Gasteiger charge is 2.13. The topological polar surface area (TPSA) is 114 Å². The van der Waals surface area contributed by atoms with Gasteiger partial charge in [-0.15, -0.1) is 0 Å². The maximum Gasteiger partial charge on any atom is 0.237 e. The Morgan fingerprint density at radius 3 is 2.68 bits per heavy atom. The summed E-state index contributed by atoms with van der Waals surface area (Å²) in [7, 11) is 0. The molecule has 0 bridgehead atoms. The van der Waals surface area contributed by atoms with Crippen molar-refractivity contribution < 1.29 is 0 Å². The van der Waals surface area contributed by atoms with Gasteiger partial charge in [0, 0.05) is 4.47 Å². The number of pyridine rings is 1. The number of aromatic amines is 1. The molecule has 0 unspecified atom stereocenters. The first-order valence-corrected chi connectivity index (χ1v) is 6.02. The van der Waals surface area contributed by atoms with Crippen LogP contribution in [-0.4, -0.2) is 20.9 Å². The van der Waals surface area contributed by atoms with Gasteiger partial charge in [-0.3, -0.25) is 10.5 Å². The summed E-state index contributed by atoms with van der Waals surface area (Å²) in [4.78, 5) is 4.32. The maximum atomic E-state index is 8.61. The molecular formula is C11H8BrN7. The van der Waals surface area contributed by atoms with Crippen molar-refractivity contribution in [2.24, 2.45) is 5.10 Å². The van der Waals surface area contributed by atoms with E-state index in [4.69, 9.17) is 10.5 Å². The lowest BCUT2D eigenvalue weighted by Gasteiger charge is -2.04. The number of anilines is 1. The third kappa shape index (κ3) is 2.26. The van der Waals surface area contributed by atoms with Crippen molar-refractivity contribution in [1.82, 2.24) is 15.2 Å². The van der Waals surface area contributed by atoms with E-state index in [1.165, 1.54) is 0 Å². The van der Waals surface area contributed by atoms with Crippen molar-refractivity contribution in [1.29, 1.82) is 10.5 Å². The number of hydrogen-bond donors (Lipinski definition) is 2. The summed E-state index contributed by atoms with van der Waals surface area (Å²) in [6.45, 7) is 3.79. The Balaban J connectivity index is 2.53. The predicted octanol–water partition coefficient (Wildman–Crippen LogP) is 2.15. The monoisotopic (exact) mass is 317 g/mol. The Morgan fingerprint density at radius 2 is 2.05 bits per heavy atom. The number of aryl methyl sites for hydroxylation is 2. The molecule has 0 aliphatic rings. The Hall–Kier alpha value is -2.45. The molecule has 0 atom stereocenters. The van der Waals surface area contributed by atoms with Crippen molar-refractivity contribution >= 4 is 38.5 Å². The molecule has 2 aromatic heterocycles. The van der Waals surface area contributed by atoms with Gasteiger partial charge in [0.1, 0.15) is 12.1 Å². The predicted molar refractivity (Wildman–Crippen MR) is 73.3 cm³/mol. The third-order valence-corrected chi connectivity index (χ3v) is 3.70. The molecule has 0 amide bonds. The summed E-state index contributed by atoms with van der Waals surface area (Å²) in [6.07, 6.45) is 0. The molecule has 0 radical (unpaired) electrons. The average molecular weight is 318 g/mol. The molecule has 0 saturated carbocycles. The molecule has 2 heterocycles. The zero-order valence-electron chi connectivity index (χ0n) is 10.1. The van der Waals surface area contributed by atoms with Crippen molar-refractivity contribution in [2.75, 3.05) is 5.43 Å². The minimum Gasteiger partial charge on any atom is -0.259 e. The molecule has 19 heavy (non-hydrogen) atoms. The van der Waals surface area contributed by atoms with Gasteiger partial charge in [-0.2, -0.15) is 20.7 Å². The molecule has 94 valence electrons. The molecule has 0 spiro atoms. The molecule has 0 aliphatic heterocycles. The number of H-pyrrole nitrogens is 1. The fourth-order valence-electron chi connectivity index (χ4n) is 1.63. The first kappa shape index (κ1) is 13.0. The Kier molecular flexibility index (Phi) is 3.45. The first-order chi connectivity index (χ1) is 9.08. The quantitative estimate of drug-likeness (QED) is 0.650. The van der Waals surface area contributed by atoms with E-state index >= 15 is 0 Å². The van der Waals surface area contributed by atoms with Crippen LogP contribution in [0.2, 0.25) is 0 Å². The standard InChI is InChI=1S/C11H8BrN7/c1-5-8-10(15-6(2)9(5)12)17-19-11(8)18-16-7(3-13)4-14/h1-2H3,(H2,15,17,18,19). The van der Waals surface area contributed by atoms with Crippen LogP contribution >= 0.6 is 15.9 Å². The Morgan fingerprint density at radius 1 is 1.37 bits per heavy atom. The largest absolute Gasteiger partial charge is 0.259 e. The van der Waals surface area contributed by atoms with Crippen LogP contribution in [0.3, 0.4) is 0 Å². The van der Waals surface area contributed by atoms with Crippen molar-refractivity contribution in [3.8, 4) is 12.1 Å². The second kappa shape index (κ2) is 5.04. The number of fused-ring (bicyclic) bond motifs is 1. The van der Waals surface area contributed by atoms with Crippen LogP contribution in [-0.2, 0) is 0 Å². The number of hydrogen-bond acceptors (Lipinski definition) is 6. The van der Waals surface area contributed by atoms with Crippen LogP contribution in [0, 0.1) is 36.5 Å². The van der Waals surface area contributed by atoms with Gasteiger partial charge in [-0.25, -0.2) is 4.98 Å². The molecule has 0 aromatic carbocycles. The zero-order chi connectivity index (χ0) is 14.0. The normalized spacial score (nSPS) is 9.74. The number of nitriles is 2. The van der Waals surface area contributed by atoms with E-state index in [0.717, 1.165) is 21.1 Å². The summed E-state index contributed by atoms with van der Waals surface area (Å²) < 4.78 is 0.884. The average Bonchev–Trinajstić information content (AvgIpc) is 2.80.